The highest BCUT2D eigenvalue weighted by atomic mass is 19.1. The second-order valence-electron chi connectivity index (χ2n) is 7.24. The van der Waals surface area contributed by atoms with E-state index in [0.717, 1.165) is 12.1 Å². The van der Waals surface area contributed by atoms with Crippen molar-refractivity contribution in [2.24, 2.45) is 5.92 Å². The Labute approximate surface area is 161 Å². The molecule has 2 N–H and O–H groups in total. The number of hydrogen-bond acceptors (Lipinski definition) is 3. The maximum absolute atomic E-state index is 14.0. The lowest BCUT2D eigenvalue weighted by atomic mass is 9.88. The average Bonchev–Trinajstić information content (AvgIpc) is 3.41. The number of nitrogens with one attached hydrogen (secondary N) is 1. The molecule has 1 fully saturated rings. The summed E-state index contributed by atoms with van der Waals surface area (Å²) in [5.74, 6) is -3.07. The summed E-state index contributed by atoms with van der Waals surface area (Å²) >= 11 is 0. The average molecular weight is 389 g/mol. The molecule has 28 heavy (non-hydrogen) atoms. The van der Waals surface area contributed by atoms with Crippen molar-refractivity contribution in [3.63, 3.8) is 0 Å². The largest absolute Gasteiger partial charge is 0.497 e. The summed E-state index contributed by atoms with van der Waals surface area (Å²) in [4.78, 5) is 24.2. The molecule has 0 heterocycles. The Morgan fingerprint density at radius 2 is 2.00 bits per heavy atom. The Kier molecular flexibility index (Phi) is 5.36. The van der Waals surface area contributed by atoms with Gasteiger partial charge in [0.25, 0.3) is 0 Å². The number of halogens is 2. The maximum Gasteiger partial charge on any atom is 0.306 e. The molecule has 2 aromatic rings. The fourth-order valence-electron chi connectivity index (χ4n) is 3.48. The summed E-state index contributed by atoms with van der Waals surface area (Å²) < 4.78 is 32.3. The number of amides is 1. The Hall–Kier alpha value is -2.96. The van der Waals surface area contributed by atoms with E-state index in [-0.39, 0.29) is 18.2 Å². The van der Waals surface area contributed by atoms with Crippen molar-refractivity contribution in [3.8, 4) is 5.75 Å². The predicted molar refractivity (Wildman–Crippen MR) is 97.9 cm³/mol. The van der Waals surface area contributed by atoms with Gasteiger partial charge in [-0.05, 0) is 48.6 Å². The lowest BCUT2D eigenvalue weighted by Crippen LogP contribution is -2.45. The molecule has 7 heteroatoms. The van der Waals surface area contributed by atoms with Crippen molar-refractivity contribution in [2.45, 2.75) is 31.2 Å². The molecule has 1 saturated carbocycles. The van der Waals surface area contributed by atoms with Crippen LogP contribution in [-0.2, 0) is 15.1 Å². The second-order valence-corrected chi connectivity index (χ2v) is 7.24. The van der Waals surface area contributed by atoms with Gasteiger partial charge in [0.1, 0.15) is 17.4 Å². The highest BCUT2D eigenvalue weighted by Crippen LogP contribution is 2.49. The number of methoxy groups -OCH3 is 1. The minimum atomic E-state index is -1.16. The van der Waals surface area contributed by atoms with E-state index in [1.165, 1.54) is 13.2 Å². The SMILES string of the molecule is COc1cccc(C(C)(CC(=O)O)NC(=O)C2CC2c2ccc(F)cc2F)c1. The van der Waals surface area contributed by atoms with Gasteiger partial charge in [-0.1, -0.05) is 18.2 Å². The summed E-state index contributed by atoms with van der Waals surface area (Å²) in [5.41, 5.74) is -0.276. The normalized spacial score (nSPS) is 20.1. The number of carbonyl (C=O) groups is 2. The first-order chi connectivity index (χ1) is 13.2. The topological polar surface area (TPSA) is 75.6 Å². The summed E-state index contributed by atoms with van der Waals surface area (Å²) in [5, 5.41) is 12.1. The zero-order valence-corrected chi connectivity index (χ0v) is 15.5. The molecule has 3 rings (SSSR count). The maximum atomic E-state index is 14.0. The van der Waals surface area contributed by atoms with Crippen LogP contribution in [0, 0.1) is 17.6 Å². The monoisotopic (exact) mass is 389 g/mol. The molecule has 3 unspecified atom stereocenters. The van der Waals surface area contributed by atoms with Crippen molar-refractivity contribution in [3.05, 3.63) is 65.2 Å². The lowest BCUT2D eigenvalue weighted by Gasteiger charge is -2.30. The Balaban J connectivity index is 1.79. The number of ether oxygens (including phenoxy) is 1. The molecule has 0 aromatic heterocycles. The van der Waals surface area contributed by atoms with Crippen LogP contribution in [0.25, 0.3) is 0 Å². The highest BCUT2D eigenvalue weighted by molar-refractivity contribution is 5.84. The van der Waals surface area contributed by atoms with Crippen molar-refractivity contribution in [2.75, 3.05) is 7.11 Å². The Morgan fingerprint density at radius 3 is 2.64 bits per heavy atom. The third kappa shape index (κ3) is 4.13. The molecule has 0 aliphatic heterocycles. The molecule has 148 valence electrons. The first kappa shape index (κ1) is 19.8. The van der Waals surface area contributed by atoms with E-state index >= 15 is 0 Å². The van der Waals surface area contributed by atoms with Crippen LogP contribution in [-0.4, -0.2) is 24.1 Å². The number of benzene rings is 2. The molecular formula is C21H21F2NO4. The Bertz CT molecular complexity index is 917. The predicted octanol–water partition coefficient (Wildman–Crippen LogP) is 3.58. The molecular weight excluding hydrogens is 368 g/mol. The molecule has 0 spiro atoms. The Morgan fingerprint density at radius 1 is 1.25 bits per heavy atom. The number of rotatable bonds is 7. The zero-order chi connectivity index (χ0) is 20.5. The smallest absolute Gasteiger partial charge is 0.306 e. The lowest BCUT2D eigenvalue weighted by molar-refractivity contribution is -0.139. The first-order valence-electron chi connectivity index (χ1n) is 8.87. The zero-order valence-electron chi connectivity index (χ0n) is 15.5. The first-order valence-corrected chi connectivity index (χ1v) is 8.87. The minimum absolute atomic E-state index is 0.294. The molecule has 0 bridgehead atoms. The number of hydrogen-bond donors (Lipinski definition) is 2. The van der Waals surface area contributed by atoms with Crippen LogP contribution in [0.3, 0.4) is 0 Å². The van der Waals surface area contributed by atoms with Crippen molar-refractivity contribution in [1.29, 1.82) is 0 Å². The standard InChI is InChI=1S/C21H21F2NO4/c1-21(11-19(25)26,12-4-3-5-14(8-12)28-2)24-20(27)17-10-16(17)15-7-6-13(22)9-18(15)23/h3-9,16-17H,10-11H2,1-2H3,(H,24,27)(H,25,26). The molecule has 1 aliphatic carbocycles. The van der Waals surface area contributed by atoms with Crippen LogP contribution in [0.1, 0.15) is 36.8 Å². The summed E-state index contributed by atoms with van der Waals surface area (Å²) in [6.45, 7) is 1.63. The summed E-state index contributed by atoms with van der Waals surface area (Å²) in [6, 6.07) is 10.1. The molecule has 5 nitrogen and oxygen atoms in total. The van der Waals surface area contributed by atoms with Crippen LogP contribution in [0.4, 0.5) is 8.78 Å². The van der Waals surface area contributed by atoms with Crippen LogP contribution in [0.15, 0.2) is 42.5 Å². The van der Waals surface area contributed by atoms with Crippen molar-refractivity contribution < 1.29 is 28.2 Å². The van der Waals surface area contributed by atoms with Crippen LogP contribution in [0.2, 0.25) is 0 Å². The van der Waals surface area contributed by atoms with Gasteiger partial charge in [0, 0.05) is 12.0 Å². The van der Waals surface area contributed by atoms with E-state index in [1.807, 2.05) is 0 Å². The van der Waals surface area contributed by atoms with Gasteiger partial charge in [0.2, 0.25) is 5.91 Å². The van der Waals surface area contributed by atoms with Gasteiger partial charge in [0.15, 0.2) is 0 Å². The van der Waals surface area contributed by atoms with Gasteiger partial charge >= 0.3 is 5.97 Å². The van der Waals surface area contributed by atoms with E-state index < -0.39 is 29.1 Å². The molecule has 1 aliphatic rings. The number of carboxylic acids is 1. The molecule has 2 aromatic carbocycles. The third-order valence-corrected chi connectivity index (χ3v) is 5.10. The highest BCUT2D eigenvalue weighted by Gasteiger charge is 2.47. The number of carbonyl (C=O) groups excluding carboxylic acids is 1. The van der Waals surface area contributed by atoms with Gasteiger partial charge < -0.3 is 15.2 Å². The summed E-state index contributed by atoms with van der Waals surface area (Å²) in [6.07, 6.45) is 0.101. The third-order valence-electron chi connectivity index (χ3n) is 5.10. The molecule has 3 atom stereocenters. The van der Waals surface area contributed by atoms with Crippen LogP contribution in [0.5, 0.6) is 5.75 Å². The summed E-state index contributed by atoms with van der Waals surface area (Å²) in [7, 11) is 1.50. The van der Waals surface area contributed by atoms with E-state index in [9.17, 15) is 23.5 Å². The molecule has 1 amide bonds. The van der Waals surface area contributed by atoms with E-state index in [0.29, 0.717) is 23.3 Å². The number of carboxylic acid groups (broad SMARTS) is 1. The quantitative estimate of drug-likeness (QED) is 0.759. The van der Waals surface area contributed by atoms with Gasteiger partial charge in [-0.2, -0.15) is 0 Å². The van der Waals surface area contributed by atoms with E-state index in [1.54, 1.807) is 31.2 Å². The fraction of sp³-hybridized carbons (Fsp3) is 0.333. The van der Waals surface area contributed by atoms with Crippen LogP contribution < -0.4 is 10.1 Å². The number of aliphatic carboxylic acids is 1. The second kappa shape index (κ2) is 7.58. The van der Waals surface area contributed by atoms with E-state index in [4.69, 9.17) is 4.74 Å². The van der Waals surface area contributed by atoms with Crippen molar-refractivity contribution >= 4 is 11.9 Å². The minimum Gasteiger partial charge on any atom is -0.497 e. The van der Waals surface area contributed by atoms with Gasteiger partial charge in [0.05, 0.1) is 19.1 Å². The van der Waals surface area contributed by atoms with E-state index in [2.05, 4.69) is 5.32 Å². The van der Waals surface area contributed by atoms with Crippen LogP contribution >= 0.6 is 0 Å². The van der Waals surface area contributed by atoms with Gasteiger partial charge in [-0.3, -0.25) is 9.59 Å². The van der Waals surface area contributed by atoms with Gasteiger partial charge in [-0.25, -0.2) is 8.78 Å². The van der Waals surface area contributed by atoms with Gasteiger partial charge in [-0.15, -0.1) is 0 Å². The molecule has 0 radical (unpaired) electrons. The fourth-order valence-corrected chi connectivity index (χ4v) is 3.48. The van der Waals surface area contributed by atoms with Crippen molar-refractivity contribution in [1.82, 2.24) is 5.32 Å². The molecule has 0 saturated heterocycles.